The highest BCUT2D eigenvalue weighted by molar-refractivity contribution is 5.49. The van der Waals surface area contributed by atoms with Crippen LogP contribution in [0.4, 0.5) is 0 Å². The molecule has 10 atom stereocenters. The Labute approximate surface area is 165 Å². The monoisotopic (exact) mass is 376 g/mol. The molecule has 4 rings (SSSR count). The molecule has 3 heteroatoms. The van der Waals surface area contributed by atoms with Crippen molar-refractivity contribution in [3.63, 3.8) is 0 Å². The fourth-order valence-electron chi connectivity index (χ4n) is 8.79. The summed E-state index contributed by atoms with van der Waals surface area (Å²) in [6, 6.07) is 0. The van der Waals surface area contributed by atoms with Crippen LogP contribution >= 0.6 is 0 Å². The molecule has 4 aliphatic rings. The summed E-state index contributed by atoms with van der Waals surface area (Å²) >= 11 is 0. The van der Waals surface area contributed by atoms with Crippen LogP contribution in [0.15, 0.2) is 0 Å². The fourth-order valence-corrected chi connectivity index (χ4v) is 8.79. The second-order valence-electron chi connectivity index (χ2n) is 11.2. The molecule has 3 nitrogen and oxygen atoms in total. The zero-order chi connectivity index (χ0) is 19.4. The highest BCUT2D eigenvalue weighted by Gasteiger charge is 2.62. The first-order chi connectivity index (χ1) is 12.8. The molecular formula is C24H40O3. The van der Waals surface area contributed by atoms with E-state index in [9.17, 15) is 15.0 Å². The molecule has 0 aromatic carbocycles. The number of rotatable bonds is 4. The van der Waals surface area contributed by atoms with Crippen molar-refractivity contribution in [3.8, 4) is 0 Å². The van der Waals surface area contributed by atoms with Crippen molar-refractivity contribution in [1.82, 2.24) is 0 Å². The van der Waals surface area contributed by atoms with Crippen LogP contribution in [0.5, 0.6) is 0 Å². The topological polar surface area (TPSA) is 57.5 Å². The number of hydrogen-bond acceptors (Lipinski definition) is 3. The summed E-state index contributed by atoms with van der Waals surface area (Å²) in [6.07, 6.45) is 11.3. The van der Waals surface area contributed by atoms with Crippen LogP contribution in [0.25, 0.3) is 0 Å². The number of aliphatic hydroxyl groups excluding tert-OH is 2. The average Bonchev–Trinajstić information content (AvgIpc) is 2.99. The van der Waals surface area contributed by atoms with Gasteiger partial charge >= 0.3 is 0 Å². The molecule has 154 valence electrons. The summed E-state index contributed by atoms with van der Waals surface area (Å²) in [5, 5.41) is 21.3. The van der Waals surface area contributed by atoms with Crippen molar-refractivity contribution in [3.05, 3.63) is 0 Å². The Morgan fingerprint density at radius 1 is 0.963 bits per heavy atom. The van der Waals surface area contributed by atoms with E-state index in [4.69, 9.17) is 0 Å². The van der Waals surface area contributed by atoms with E-state index >= 15 is 0 Å². The van der Waals surface area contributed by atoms with Gasteiger partial charge in [0.05, 0.1) is 12.2 Å². The Hall–Kier alpha value is -0.410. The second-order valence-corrected chi connectivity index (χ2v) is 11.2. The molecule has 0 unspecified atom stereocenters. The Balaban J connectivity index is 1.57. The van der Waals surface area contributed by atoms with Crippen molar-refractivity contribution in [2.45, 2.75) is 97.2 Å². The third-order valence-corrected chi connectivity index (χ3v) is 10.2. The molecule has 0 amide bonds. The summed E-state index contributed by atoms with van der Waals surface area (Å²) in [6.45, 7) is 7.34. The van der Waals surface area contributed by atoms with E-state index < -0.39 is 0 Å². The van der Waals surface area contributed by atoms with Crippen molar-refractivity contribution in [2.75, 3.05) is 0 Å². The average molecular weight is 377 g/mol. The SMILES string of the molecule is C[C@H](CCC=O)[C@H]1CC[C@H]2[C@@H]3C[C@H](O)[C@H]4C[C@H](O)CC[C@]4(C)[C@H]3CC[C@]12C. The standard InChI is InChI=1S/C24H40O3/c1-15(5-4-12-25)18-6-7-19-17-14-22(27)21-13-16(26)8-10-24(21,3)20(17)9-11-23(18,19)2/h12,15-22,26-27H,4-11,13-14H2,1-3H3/t15-,16-,17+,18-,19+,20+,21-,22+,23-,24-/m1/s1. The maximum atomic E-state index is 11.1. The summed E-state index contributed by atoms with van der Waals surface area (Å²) in [5.41, 5.74) is 0.602. The minimum atomic E-state index is -0.236. The highest BCUT2D eigenvalue weighted by atomic mass is 16.3. The molecular weight excluding hydrogens is 336 g/mol. The van der Waals surface area contributed by atoms with E-state index in [1.807, 2.05) is 0 Å². The van der Waals surface area contributed by atoms with Gasteiger partial charge in [0.2, 0.25) is 0 Å². The predicted molar refractivity (Wildman–Crippen MR) is 107 cm³/mol. The van der Waals surface area contributed by atoms with Crippen LogP contribution in [0, 0.1) is 46.3 Å². The van der Waals surface area contributed by atoms with E-state index in [1.54, 1.807) is 0 Å². The lowest BCUT2D eigenvalue weighted by atomic mass is 9.44. The Bertz CT molecular complexity index is 562. The van der Waals surface area contributed by atoms with Gasteiger partial charge in [-0.1, -0.05) is 20.8 Å². The molecule has 27 heavy (non-hydrogen) atoms. The molecule has 0 radical (unpaired) electrons. The molecule has 0 aromatic rings. The van der Waals surface area contributed by atoms with E-state index in [1.165, 1.54) is 25.7 Å². The summed E-state index contributed by atoms with van der Waals surface area (Å²) in [4.78, 5) is 10.9. The van der Waals surface area contributed by atoms with Crippen molar-refractivity contribution in [1.29, 1.82) is 0 Å². The van der Waals surface area contributed by atoms with Crippen LogP contribution in [0.2, 0.25) is 0 Å². The third-order valence-electron chi connectivity index (χ3n) is 10.2. The number of aldehydes is 1. The number of carbonyl (C=O) groups is 1. The smallest absolute Gasteiger partial charge is 0.120 e. The Morgan fingerprint density at radius 2 is 1.67 bits per heavy atom. The van der Waals surface area contributed by atoms with Crippen LogP contribution in [0.3, 0.4) is 0 Å². The lowest BCUT2D eigenvalue weighted by Crippen LogP contribution is -2.58. The number of aliphatic hydroxyl groups is 2. The van der Waals surface area contributed by atoms with Gasteiger partial charge < -0.3 is 15.0 Å². The van der Waals surface area contributed by atoms with E-state index in [0.29, 0.717) is 23.7 Å². The number of hydrogen-bond donors (Lipinski definition) is 2. The zero-order valence-corrected chi connectivity index (χ0v) is 17.6. The molecule has 2 N–H and O–H groups in total. The maximum Gasteiger partial charge on any atom is 0.120 e. The molecule has 4 aliphatic carbocycles. The van der Waals surface area contributed by atoms with Gasteiger partial charge in [-0.15, -0.1) is 0 Å². The van der Waals surface area contributed by atoms with Crippen molar-refractivity contribution in [2.24, 2.45) is 46.3 Å². The van der Waals surface area contributed by atoms with Gasteiger partial charge in [0, 0.05) is 6.42 Å². The van der Waals surface area contributed by atoms with Gasteiger partial charge in [-0.25, -0.2) is 0 Å². The molecule has 0 saturated heterocycles. The Kier molecular flexibility index (Phi) is 5.25. The largest absolute Gasteiger partial charge is 0.393 e. The zero-order valence-electron chi connectivity index (χ0n) is 17.6. The summed E-state index contributed by atoms with van der Waals surface area (Å²) in [7, 11) is 0. The first-order valence-electron chi connectivity index (χ1n) is 11.6. The quantitative estimate of drug-likeness (QED) is 0.706. The van der Waals surface area contributed by atoms with E-state index in [0.717, 1.165) is 56.1 Å². The van der Waals surface area contributed by atoms with Crippen molar-refractivity contribution < 1.29 is 15.0 Å². The Morgan fingerprint density at radius 3 is 2.41 bits per heavy atom. The summed E-state index contributed by atoms with van der Waals surface area (Å²) < 4.78 is 0. The highest BCUT2D eigenvalue weighted by Crippen LogP contribution is 2.68. The van der Waals surface area contributed by atoms with Crippen molar-refractivity contribution >= 4 is 6.29 Å². The fraction of sp³-hybridized carbons (Fsp3) is 0.958. The molecule has 4 fully saturated rings. The van der Waals surface area contributed by atoms with Gasteiger partial charge in [-0.2, -0.15) is 0 Å². The lowest BCUT2D eigenvalue weighted by Gasteiger charge is -2.62. The number of fused-ring (bicyclic) bond motifs is 5. The van der Waals surface area contributed by atoms with E-state index in [-0.39, 0.29) is 23.5 Å². The molecule has 0 bridgehead atoms. The molecule has 0 spiro atoms. The van der Waals surface area contributed by atoms with E-state index in [2.05, 4.69) is 20.8 Å². The lowest BCUT2D eigenvalue weighted by molar-refractivity contribution is -0.172. The van der Waals surface area contributed by atoms with Crippen LogP contribution in [-0.4, -0.2) is 28.7 Å². The van der Waals surface area contributed by atoms with Gasteiger partial charge in [-0.05, 0) is 104 Å². The third kappa shape index (κ3) is 3.03. The number of carbonyl (C=O) groups excluding carboxylic acids is 1. The molecule has 4 saturated carbocycles. The molecule has 0 heterocycles. The molecule has 0 aliphatic heterocycles. The maximum absolute atomic E-state index is 11.1. The minimum Gasteiger partial charge on any atom is -0.393 e. The van der Waals surface area contributed by atoms with Gasteiger partial charge in [0.25, 0.3) is 0 Å². The molecule has 0 aromatic heterocycles. The van der Waals surface area contributed by atoms with Crippen LogP contribution < -0.4 is 0 Å². The minimum absolute atomic E-state index is 0.210. The second kappa shape index (κ2) is 7.13. The van der Waals surface area contributed by atoms with Crippen LogP contribution in [-0.2, 0) is 4.79 Å². The van der Waals surface area contributed by atoms with Gasteiger partial charge in [-0.3, -0.25) is 0 Å². The predicted octanol–water partition coefficient (Wildman–Crippen LogP) is 4.59. The normalized spacial score (nSPS) is 53.1. The van der Waals surface area contributed by atoms with Gasteiger partial charge in [0.15, 0.2) is 0 Å². The first-order valence-corrected chi connectivity index (χ1v) is 11.6. The summed E-state index contributed by atoms with van der Waals surface area (Å²) in [5.74, 6) is 3.76. The first kappa shape index (κ1) is 19.9. The van der Waals surface area contributed by atoms with Gasteiger partial charge in [0.1, 0.15) is 6.29 Å². The van der Waals surface area contributed by atoms with Crippen LogP contribution in [0.1, 0.15) is 85.0 Å².